The number of hydrogen-bond donors (Lipinski definition) is 1. The lowest BCUT2D eigenvalue weighted by Gasteiger charge is -2.35. The maximum Gasteiger partial charge on any atom is 0.0427 e. The van der Waals surface area contributed by atoms with E-state index in [1.165, 1.54) is 23.4 Å². The topological polar surface area (TPSA) is 29.3 Å². The first-order valence-corrected chi connectivity index (χ1v) is 7.52. The van der Waals surface area contributed by atoms with Crippen molar-refractivity contribution in [3.8, 4) is 0 Å². The number of nitrogens with zero attached hydrogens (tertiary/aromatic N) is 1. The maximum absolute atomic E-state index is 6.09. The fourth-order valence-electron chi connectivity index (χ4n) is 2.19. The van der Waals surface area contributed by atoms with Crippen molar-refractivity contribution in [1.29, 1.82) is 0 Å². The highest BCUT2D eigenvalue weighted by Crippen LogP contribution is 2.30. The molecule has 2 nitrogen and oxygen atoms in total. The van der Waals surface area contributed by atoms with Crippen LogP contribution in [-0.2, 0) is 6.54 Å². The average molecular weight is 271 g/mol. The molecule has 1 aromatic rings. The van der Waals surface area contributed by atoms with E-state index in [1.54, 1.807) is 0 Å². The van der Waals surface area contributed by atoms with Crippen molar-refractivity contribution in [3.05, 3.63) is 28.8 Å². The monoisotopic (exact) mass is 270 g/mol. The molecule has 94 valence electrons. The van der Waals surface area contributed by atoms with E-state index >= 15 is 0 Å². The number of thioether (sulfide) groups is 1. The van der Waals surface area contributed by atoms with Gasteiger partial charge in [-0.2, -0.15) is 11.8 Å². The van der Waals surface area contributed by atoms with Crippen LogP contribution in [-0.4, -0.2) is 24.1 Å². The van der Waals surface area contributed by atoms with Crippen LogP contribution < -0.4 is 10.6 Å². The summed E-state index contributed by atoms with van der Waals surface area (Å²) in [6, 6.07) is 6.01. The van der Waals surface area contributed by atoms with Crippen molar-refractivity contribution < 1.29 is 0 Å². The van der Waals surface area contributed by atoms with Crippen LogP contribution >= 0.6 is 23.4 Å². The molecule has 1 aromatic carbocycles. The van der Waals surface area contributed by atoms with Crippen molar-refractivity contribution in [2.45, 2.75) is 25.1 Å². The highest BCUT2D eigenvalue weighted by atomic mass is 35.5. The molecule has 1 fully saturated rings. The van der Waals surface area contributed by atoms with E-state index in [2.05, 4.69) is 23.6 Å². The lowest BCUT2D eigenvalue weighted by molar-refractivity contribution is 0.724. The molecule has 1 aliphatic heterocycles. The molecule has 1 heterocycles. The van der Waals surface area contributed by atoms with Gasteiger partial charge in [0.25, 0.3) is 0 Å². The minimum absolute atomic E-state index is 0.576. The summed E-state index contributed by atoms with van der Waals surface area (Å²) in [5.74, 6) is 1.19. The van der Waals surface area contributed by atoms with Gasteiger partial charge in [-0.25, -0.2) is 0 Å². The Morgan fingerprint density at radius 1 is 1.53 bits per heavy atom. The number of nitrogens with two attached hydrogens (primary N) is 1. The van der Waals surface area contributed by atoms with Crippen LogP contribution in [0.3, 0.4) is 0 Å². The van der Waals surface area contributed by atoms with Crippen LogP contribution in [0, 0.1) is 0 Å². The Balaban J connectivity index is 2.22. The zero-order chi connectivity index (χ0) is 12.3. The lowest BCUT2D eigenvalue weighted by Crippen LogP contribution is -2.38. The van der Waals surface area contributed by atoms with Gasteiger partial charge >= 0.3 is 0 Å². The molecule has 1 atom stereocenters. The van der Waals surface area contributed by atoms with Crippen LogP contribution in [0.4, 0.5) is 5.69 Å². The Labute approximate surface area is 113 Å². The lowest BCUT2D eigenvalue weighted by atomic mass is 10.1. The Hall–Kier alpha value is -0.380. The summed E-state index contributed by atoms with van der Waals surface area (Å²) in [6.45, 7) is 5.03. The van der Waals surface area contributed by atoms with Crippen LogP contribution in [0.2, 0.25) is 5.02 Å². The molecular formula is C13H19ClN2S. The molecule has 4 heteroatoms. The largest absolute Gasteiger partial charge is 0.369 e. The Bertz CT molecular complexity index is 384. The van der Waals surface area contributed by atoms with Crippen molar-refractivity contribution in [2.24, 2.45) is 5.73 Å². The summed E-state index contributed by atoms with van der Waals surface area (Å²) in [6.07, 6.45) is 1.22. The predicted octanol–water partition coefficient (Wildman–Crippen LogP) is 3.13. The molecule has 0 amide bonds. The normalized spacial score (nSPS) is 20.6. The average Bonchev–Trinajstić information content (AvgIpc) is 2.39. The van der Waals surface area contributed by atoms with Crippen LogP contribution in [0.15, 0.2) is 18.2 Å². The van der Waals surface area contributed by atoms with Gasteiger partial charge in [0.2, 0.25) is 0 Å². The predicted molar refractivity (Wildman–Crippen MR) is 78.1 cm³/mol. The zero-order valence-corrected chi connectivity index (χ0v) is 11.7. The van der Waals surface area contributed by atoms with Crippen LogP contribution in [0.5, 0.6) is 0 Å². The number of rotatable bonds is 3. The van der Waals surface area contributed by atoms with Crippen molar-refractivity contribution in [3.63, 3.8) is 0 Å². The van der Waals surface area contributed by atoms with E-state index in [9.17, 15) is 0 Å². The third-order valence-electron chi connectivity index (χ3n) is 3.20. The maximum atomic E-state index is 6.09. The van der Waals surface area contributed by atoms with Gasteiger partial charge in [-0.3, -0.25) is 0 Å². The highest BCUT2D eigenvalue weighted by Gasteiger charge is 2.20. The number of hydrogen-bond acceptors (Lipinski definition) is 3. The highest BCUT2D eigenvalue weighted by molar-refractivity contribution is 8.00. The summed E-state index contributed by atoms with van der Waals surface area (Å²) < 4.78 is 0. The quantitative estimate of drug-likeness (QED) is 0.915. The fourth-order valence-corrected chi connectivity index (χ4v) is 3.54. The molecular weight excluding hydrogens is 252 g/mol. The van der Waals surface area contributed by atoms with Gasteiger partial charge in [-0.15, -0.1) is 0 Å². The Morgan fingerprint density at radius 3 is 3.06 bits per heavy atom. The molecule has 0 aliphatic carbocycles. The van der Waals surface area contributed by atoms with Gasteiger partial charge in [-0.1, -0.05) is 24.6 Å². The zero-order valence-electron chi connectivity index (χ0n) is 10.2. The minimum Gasteiger partial charge on any atom is -0.369 e. The van der Waals surface area contributed by atoms with Crippen LogP contribution in [0.1, 0.15) is 18.9 Å². The molecule has 2 rings (SSSR count). The van der Waals surface area contributed by atoms with Crippen molar-refractivity contribution in [1.82, 2.24) is 0 Å². The van der Waals surface area contributed by atoms with E-state index in [-0.39, 0.29) is 0 Å². The van der Waals surface area contributed by atoms with E-state index in [4.69, 9.17) is 17.3 Å². The van der Waals surface area contributed by atoms with Gasteiger partial charge in [-0.05, 0) is 24.1 Å². The van der Waals surface area contributed by atoms with E-state index in [1.807, 2.05) is 18.2 Å². The second kappa shape index (κ2) is 5.98. The molecule has 0 spiro atoms. The van der Waals surface area contributed by atoms with Gasteiger partial charge in [0.15, 0.2) is 0 Å². The standard InChI is InChI=1S/C13H19ClN2S/c1-2-12-9-16(5-6-17-12)13-7-11(14)4-3-10(13)8-15/h3-4,7,12H,2,5-6,8-9,15H2,1H3. The van der Waals surface area contributed by atoms with Gasteiger partial charge < -0.3 is 10.6 Å². The molecule has 2 N–H and O–H groups in total. The molecule has 1 aliphatic rings. The summed E-state index contributed by atoms with van der Waals surface area (Å²) in [5, 5.41) is 1.52. The Kier molecular flexibility index (Phi) is 4.60. The minimum atomic E-state index is 0.576. The number of halogens is 1. The summed E-state index contributed by atoms with van der Waals surface area (Å²) in [4.78, 5) is 2.43. The fraction of sp³-hybridized carbons (Fsp3) is 0.538. The first-order valence-electron chi connectivity index (χ1n) is 6.09. The van der Waals surface area contributed by atoms with Gasteiger partial charge in [0.1, 0.15) is 0 Å². The SMILES string of the molecule is CCC1CN(c2cc(Cl)ccc2CN)CCS1. The summed E-state index contributed by atoms with van der Waals surface area (Å²) in [5.41, 5.74) is 8.21. The first kappa shape index (κ1) is 13.1. The molecule has 0 radical (unpaired) electrons. The third kappa shape index (κ3) is 3.09. The molecule has 1 unspecified atom stereocenters. The molecule has 0 bridgehead atoms. The second-order valence-electron chi connectivity index (χ2n) is 4.32. The van der Waals surface area contributed by atoms with E-state index in [0.717, 1.165) is 23.4 Å². The number of anilines is 1. The molecule has 0 saturated carbocycles. The Morgan fingerprint density at radius 2 is 2.35 bits per heavy atom. The number of benzene rings is 1. The molecule has 1 saturated heterocycles. The van der Waals surface area contributed by atoms with E-state index in [0.29, 0.717) is 6.54 Å². The van der Waals surface area contributed by atoms with Crippen LogP contribution in [0.25, 0.3) is 0 Å². The van der Waals surface area contributed by atoms with Crippen molar-refractivity contribution >= 4 is 29.1 Å². The summed E-state index contributed by atoms with van der Waals surface area (Å²) in [7, 11) is 0. The van der Waals surface area contributed by atoms with Gasteiger partial charge in [0, 0.05) is 41.3 Å². The second-order valence-corrected chi connectivity index (χ2v) is 6.17. The van der Waals surface area contributed by atoms with Gasteiger partial charge in [0.05, 0.1) is 0 Å². The van der Waals surface area contributed by atoms with Crippen molar-refractivity contribution in [2.75, 3.05) is 23.7 Å². The third-order valence-corrected chi connectivity index (χ3v) is 4.81. The molecule has 17 heavy (non-hydrogen) atoms. The van der Waals surface area contributed by atoms with E-state index < -0.39 is 0 Å². The first-order chi connectivity index (χ1) is 8.24. The molecule has 0 aromatic heterocycles. The smallest absolute Gasteiger partial charge is 0.0427 e. The summed E-state index contributed by atoms with van der Waals surface area (Å²) >= 11 is 8.16.